The van der Waals surface area contributed by atoms with Crippen molar-refractivity contribution in [1.29, 1.82) is 0 Å². The Labute approximate surface area is 106 Å². The van der Waals surface area contributed by atoms with E-state index in [4.69, 9.17) is 0 Å². The van der Waals surface area contributed by atoms with Crippen molar-refractivity contribution in [2.45, 2.75) is 45.3 Å². The lowest BCUT2D eigenvalue weighted by Gasteiger charge is -2.03. The molecule has 6 heteroatoms. The second kappa shape index (κ2) is 4.53. The van der Waals surface area contributed by atoms with Crippen LogP contribution in [0.5, 0.6) is 0 Å². The average molecular weight is 246 g/mol. The van der Waals surface area contributed by atoms with E-state index in [0.29, 0.717) is 12.1 Å². The summed E-state index contributed by atoms with van der Waals surface area (Å²) in [5.74, 6) is 0.814. The third-order valence-electron chi connectivity index (χ3n) is 3.05. The maximum Gasteiger partial charge on any atom is 0.176 e. The molecule has 0 atom stereocenters. The highest BCUT2D eigenvalue weighted by molar-refractivity contribution is 5.18. The number of hydrogen-bond acceptors (Lipinski definition) is 4. The summed E-state index contributed by atoms with van der Waals surface area (Å²) < 4.78 is 3.64. The van der Waals surface area contributed by atoms with Crippen molar-refractivity contribution >= 4 is 0 Å². The fourth-order valence-corrected chi connectivity index (χ4v) is 1.77. The van der Waals surface area contributed by atoms with Gasteiger partial charge in [-0.1, -0.05) is 5.21 Å². The van der Waals surface area contributed by atoms with Gasteiger partial charge in [0, 0.05) is 30.9 Å². The van der Waals surface area contributed by atoms with Gasteiger partial charge >= 0.3 is 0 Å². The summed E-state index contributed by atoms with van der Waals surface area (Å²) in [6.07, 6.45) is 6.46. The van der Waals surface area contributed by atoms with Gasteiger partial charge in [-0.2, -0.15) is 5.10 Å². The first-order chi connectivity index (χ1) is 8.72. The molecule has 3 rings (SSSR count). The lowest BCUT2D eigenvalue weighted by Crippen LogP contribution is -2.15. The Bertz CT molecular complexity index is 522. The summed E-state index contributed by atoms with van der Waals surface area (Å²) in [6, 6.07) is 3.00. The Morgan fingerprint density at radius 3 is 2.94 bits per heavy atom. The summed E-state index contributed by atoms with van der Waals surface area (Å²) in [5, 5.41) is 16.1. The molecule has 1 fully saturated rings. The molecule has 0 saturated heterocycles. The molecule has 6 nitrogen and oxygen atoms in total. The van der Waals surface area contributed by atoms with E-state index in [-0.39, 0.29) is 0 Å². The summed E-state index contributed by atoms with van der Waals surface area (Å²) in [6.45, 7) is 4.99. The van der Waals surface area contributed by atoms with Gasteiger partial charge in [-0.3, -0.25) is 4.68 Å². The third kappa shape index (κ3) is 2.43. The number of aromatic nitrogens is 5. The molecule has 0 amide bonds. The van der Waals surface area contributed by atoms with Crippen molar-refractivity contribution in [1.82, 2.24) is 30.1 Å². The first kappa shape index (κ1) is 11.4. The van der Waals surface area contributed by atoms with Crippen LogP contribution in [0.15, 0.2) is 18.5 Å². The Morgan fingerprint density at radius 1 is 1.44 bits per heavy atom. The summed E-state index contributed by atoms with van der Waals surface area (Å²) in [7, 11) is 0. The molecule has 2 heterocycles. The predicted molar refractivity (Wildman–Crippen MR) is 67.4 cm³/mol. The smallest absolute Gasteiger partial charge is 0.176 e. The fraction of sp³-hybridized carbons (Fsp3) is 0.583. The van der Waals surface area contributed by atoms with Crippen LogP contribution in [-0.4, -0.2) is 30.8 Å². The van der Waals surface area contributed by atoms with Crippen LogP contribution < -0.4 is 5.32 Å². The molecule has 0 spiro atoms. The van der Waals surface area contributed by atoms with Gasteiger partial charge in [0.15, 0.2) is 5.82 Å². The van der Waals surface area contributed by atoms with E-state index in [1.54, 1.807) is 4.68 Å². The molecule has 0 bridgehead atoms. The van der Waals surface area contributed by atoms with Gasteiger partial charge in [-0.05, 0) is 26.7 Å². The topological polar surface area (TPSA) is 60.6 Å². The molecule has 1 N–H and O–H groups in total. The summed E-state index contributed by atoms with van der Waals surface area (Å²) >= 11 is 0. The van der Waals surface area contributed by atoms with Gasteiger partial charge in [0.1, 0.15) is 0 Å². The zero-order valence-electron chi connectivity index (χ0n) is 10.7. The number of hydrogen-bond donors (Lipinski definition) is 1. The van der Waals surface area contributed by atoms with Crippen LogP contribution in [0.3, 0.4) is 0 Å². The van der Waals surface area contributed by atoms with Crippen molar-refractivity contribution in [2.24, 2.45) is 0 Å². The first-order valence-electron chi connectivity index (χ1n) is 6.42. The minimum absolute atomic E-state index is 0.360. The van der Waals surface area contributed by atoms with Crippen LogP contribution in [0.25, 0.3) is 5.82 Å². The molecule has 0 unspecified atom stereocenters. The average Bonchev–Trinajstić information content (AvgIpc) is 2.88. The maximum absolute atomic E-state index is 4.46. The van der Waals surface area contributed by atoms with E-state index in [2.05, 4.69) is 34.6 Å². The maximum atomic E-state index is 4.46. The largest absolute Gasteiger partial charge is 0.308 e. The molecule has 96 valence electrons. The van der Waals surface area contributed by atoms with Crippen molar-refractivity contribution in [3.63, 3.8) is 0 Å². The van der Waals surface area contributed by atoms with Crippen molar-refractivity contribution in [3.8, 4) is 5.82 Å². The zero-order valence-corrected chi connectivity index (χ0v) is 10.7. The Morgan fingerprint density at radius 2 is 2.28 bits per heavy atom. The highest BCUT2D eigenvalue weighted by atomic mass is 15.5. The van der Waals surface area contributed by atoms with E-state index < -0.39 is 0 Å². The van der Waals surface area contributed by atoms with Crippen molar-refractivity contribution in [2.75, 3.05) is 0 Å². The standard InChI is InChI=1S/C12H18N6/c1-9(2)17-6-5-12(15-17)18-8-11(14-16-18)7-13-10-3-4-10/h5-6,8-10,13H,3-4,7H2,1-2H3. The summed E-state index contributed by atoms with van der Waals surface area (Å²) in [4.78, 5) is 0. The van der Waals surface area contributed by atoms with E-state index in [0.717, 1.165) is 18.1 Å². The van der Waals surface area contributed by atoms with Crippen LogP contribution in [-0.2, 0) is 6.54 Å². The van der Waals surface area contributed by atoms with Gasteiger partial charge in [0.05, 0.1) is 11.9 Å². The molecule has 0 aliphatic heterocycles. The molecule has 1 aliphatic carbocycles. The number of nitrogens with one attached hydrogen (secondary N) is 1. The van der Waals surface area contributed by atoms with Gasteiger partial charge < -0.3 is 5.32 Å². The first-order valence-corrected chi connectivity index (χ1v) is 6.42. The molecule has 18 heavy (non-hydrogen) atoms. The van der Waals surface area contributed by atoms with Gasteiger partial charge in [-0.15, -0.1) is 5.10 Å². The van der Waals surface area contributed by atoms with Gasteiger partial charge in [-0.25, -0.2) is 4.68 Å². The molecular weight excluding hydrogens is 228 g/mol. The number of nitrogens with zero attached hydrogens (tertiary/aromatic N) is 5. The second-order valence-electron chi connectivity index (χ2n) is 5.06. The molecule has 0 radical (unpaired) electrons. The molecule has 1 saturated carbocycles. The van der Waals surface area contributed by atoms with Gasteiger partial charge in [0.25, 0.3) is 0 Å². The Hall–Kier alpha value is -1.69. The highest BCUT2D eigenvalue weighted by Crippen LogP contribution is 2.19. The SMILES string of the molecule is CC(C)n1ccc(-n2cc(CNC3CC3)nn2)n1. The Kier molecular flexibility index (Phi) is 2.87. The zero-order chi connectivity index (χ0) is 12.5. The highest BCUT2D eigenvalue weighted by Gasteiger charge is 2.20. The molecule has 2 aromatic heterocycles. The fourth-order valence-electron chi connectivity index (χ4n) is 1.77. The summed E-state index contributed by atoms with van der Waals surface area (Å²) in [5.41, 5.74) is 0.959. The minimum Gasteiger partial charge on any atom is -0.308 e. The van der Waals surface area contributed by atoms with Gasteiger partial charge in [0.2, 0.25) is 0 Å². The number of rotatable bonds is 5. The molecule has 1 aliphatic rings. The predicted octanol–water partition coefficient (Wildman–Crippen LogP) is 1.30. The molecule has 0 aromatic carbocycles. The lowest BCUT2D eigenvalue weighted by molar-refractivity contribution is 0.527. The molecule has 2 aromatic rings. The van der Waals surface area contributed by atoms with Crippen LogP contribution in [0.4, 0.5) is 0 Å². The van der Waals surface area contributed by atoms with Crippen LogP contribution >= 0.6 is 0 Å². The molecular formula is C12H18N6. The monoisotopic (exact) mass is 246 g/mol. The Balaban J connectivity index is 1.70. The third-order valence-corrected chi connectivity index (χ3v) is 3.05. The second-order valence-corrected chi connectivity index (χ2v) is 5.06. The lowest BCUT2D eigenvalue weighted by atomic mass is 10.4. The van der Waals surface area contributed by atoms with E-state index in [1.165, 1.54) is 12.8 Å². The minimum atomic E-state index is 0.360. The van der Waals surface area contributed by atoms with Crippen LogP contribution in [0.2, 0.25) is 0 Å². The van der Waals surface area contributed by atoms with E-state index >= 15 is 0 Å². The van der Waals surface area contributed by atoms with Crippen molar-refractivity contribution < 1.29 is 0 Å². The van der Waals surface area contributed by atoms with Crippen LogP contribution in [0, 0.1) is 0 Å². The van der Waals surface area contributed by atoms with Crippen molar-refractivity contribution in [3.05, 3.63) is 24.2 Å². The van der Waals surface area contributed by atoms with Crippen LogP contribution in [0.1, 0.15) is 38.4 Å². The van der Waals surface area contributed by atoms with E-state index in [1.807, 2.05) is 23.1 Å². The normalized spacial score (nSPS) is 15.5. The quantitative estimate of drug-likeness (QED) is 0.863. The van der Waals surface area contributed by atoms with E-state index in [9.17, 15) is 0 Å².